The van der Waals surface area contributed by atoms with E-state index in [9.17, 15) is 29.1 Å². The van der Waals surface area contributed by atoms with Gasteiger partial charge in [-0.3, -0.25) is 24.2 Å². The monoisotopic (exact) mass is 531 g/mol. The van der Waals surface area contributed by atoms with Gasteiger partial charge in [-0.15, -0.1) is 0 Å². The fourth-order valence-electron chi connectivity index (χ4n) is 3.62. The van der Waals surface area contributed by atoms with E-state index in [1.807, 2.05) is 24.3 Å². The molecule has 0 fully saturated rings. The molecule has 0 aliphatic rings. The van der Waals surface area contributed by atoms with Crippen molar-refractivity contribution in [3.63, 3.8) is 0 Å². The molecule has 4 amide bonds. The third-order valence-corrected chi connectivity index (χ3v) is 5.49. The number of hydrogen-bond donors (Lipinski definition) is 9. The Labute approximate surface area is 217 Å². The van der Waals surface area contributed by atoms with Crippen LogP contribution in [-0.2, 0) is 30.4 Å². The summed E-state index contributed by atoms with van der Waals surface area (Å²) in [6.07, 6.45) is 1.63. The average molecular weight is 532 g/mol. The quantitative estimate of drug-likeness (QED) is 0.0648. The highest BCUT2D eigenvalue weighted by atomic mass is 16.4. The van der Waals surface area contributed by atoms with Crippen molar-refractivity contribution in [2.45, 2.75) is 43.8 Å². The van der Waals surface area contributed by atoms with Gasteiger partial charge in [0.2, 0.25) is 23.6 Å². The van der Waals surface area contributed by atoms with Crippen LogP contribution in [0.4, 0.5) is 0 Å². The van der Waals surface area contributed by atoms with Crippen LogP contribution >= 0.6 is 0 Å². The lowest BCUT2D eigenvalue weighted by Crippen LogP contribution is -2.54. The number of nitrogens with two attached hydrogens (primary N) is 4. The average Bonchev–Trinajstić information content (AvgIpc) is 3.26. The number of primary amides is 1. The number of nitrogens with zero attached hydrogens (tertiary/aromatic N) is 1. The molecule has 1 heterocycles. The number of carboxylic acid groups (broad SMARTS) is 1. The van der Waals surface area contributed by atoms with Crippen molar-refractivity contribution in [1.82, 2.24) is 20.9 Å². The van der Waals surface area contributed by atoms with E-state index >= 15 is 0 Å². The first-order chi connectivity index (χ1) is 18.0. The summed E-state index contributed by atoms with van der Waals surface area (Å²) < 4.78 is 0. The van der Waals surface area contributed by atoms with Crippen LogP contribution in [0.25, 0.3) is 10.9 Å². The zero-order valence-corrected chi connectivity index (χ0v) is 20.6. The summed E-state index contributed by atoms with van der Waals surface area (Å²) in [7, 11) is 0. The number of rotatable bonds is 15. The molecular weight excluding hydrogens is 498 g/mol. The summed E-state index contributed by atoms with van der Waals surface area (Å²) in [6, 6.07) is 3.67. The molecule has 3 unspecified atom stereocenters. The smallest absolute Gasteiger partial charge is 0.326 e. The second kappa shape index (κ2) is 14.2. The van der Waals surface area contributed by atoms with Crippen molar-refractivity contribution in [2.24, 2.45) is 27.9 Å². The van der Waals surface area contributed by atoms with Crippen molar-refractivity contribution >= 4 is 46.5 Å². The minimum atomic E-state index is -1.27. The van der Waals surface area contributed by atoms with E-state index in [1.165, 1.54) is 0 Å². The lowest BCUT2D eigenvalue weighted by atomic mass is 10.0. The van der Waals surface area contributed by atoms with Gasteiger partial charge in [0.05, 0.1) is 19.0 Å². The highest BCUT2D eigenvalue weighted by molar-refractivity contribution is 5.94. The molecule has 3 atom stereocenters. The molecule has 1 aromatic carbocycles. The minimum absolute atomic E-state index is 0.0141. The van der Waals surface area contributed by atoms with Crippen molar-refractivity contribution in [3.8, 4) is 0 Å². The second-order valence-corrected chi connectivity index (χ2v) is 8.53. The third-order valence-electron chi connectivity index (χ3n) is 5.49. The first kappa shape index (κ1) is 29.6. The summed E-state index contributed by atoms with van der Waals surface area (Å²) >= 11 is 0. The normalized spacial score (nSPS) is 13.1. The third kappa shape index (κ3) is 9.42. The van der Waals surface area contributed by atoms with Gasteiger partial charge in [0.15, 0.2) is 5.96 Å². The van der Waals surface area contributed by atoms with Gasteiger partial charge < -0.3 is 49.0 Å². The van der Waals surface area contributed by atoms with Gasteiger partial charge in [-0.2, -0.15) is 0 Å². The van der Waals surface area contributed by atoms with Gasteiger partial charge in [-0.1, -0.05) is 18.2 Å². The molecule has 0 aliphatic carbocycles. The SMILES string of the molecule is NC(=O)CC(N)C(=O)NC(CCCN=C(N)N)C(=O)NCC(=O)NC(Cc1c[nH]c2ccccc12)C(=O)O. The second-order valence-electron chi connectivity index (χ2n) is 8.53. The van der Waals surface area contributed by atoms with Crippen LogP contribution in [0, 0.1) is 0 Å². The van der Waals surface area contributed by atoms with Gasteiger partial charge >= 0.3 is 5.97 Å². The van der Waals surface area contributed by atoms with Gasteiger partial charge in [0.25, 0.3) is 0 Å². The summed E-state index contributed by atoms with van der Waals surface area (Å²) in [5, 5.41) is 17.6. The molecule has 13 N–H and O–H groups in total. The van der Waals surface area contributed by atoms with Crippen LogP contribution < -0.4 is 38.9 Å². The molecule has 1 aromatic heterocycles. The van der Waals surface area contributed by atoms with Crippen molar-refractivity contribution in [1.29, 1.82) is 0 Å². The zero-order valence-electron chi connectivity index (χ0n) is 20.6. The predicted octanol–water partition coefficient (Wildman–Crippen LogP) is -2.86. The molecule has 0 saturated heterocycles. The van der Waals surface area contributed by atoms with E-state index in [2.05, 4.69) is 25.9 Å². The summed E-state index contributed by atoms with van der Waals surface area (Å²) in [5.41, 5.74) is 22.8. The molecule has 0 aliphatic heterocycles. The minimum Gasteiger partial charge on any atom is -0.480 e. The molecule has 0 spiro atoms. The number of aliphatic imine (C=N–C) groups is 1. The number of hydrogen-bond acceptors (Lipinski definition) is 7. The molecule has 0 bridgehead atoms. The predicted molar refractivity (Wildman–Crippen MR) is 138 cm³/mol. The molecule has 206 valence electrons. The highest BCUT2D eigenvalue weighted by Gasteiger charge is 2.26. The number of nitrogens with one attached hydrogen (secondary N) is 4. The lowest BCUT2D eigenvalue weighted by Gasteiger charge is -2.20. The van der Waals surface area contributed by atoms with Crippen LogP contribution in [0.5, 0.6) is 0 Å². The van der Waals surface area contributed by atoms with Crippen molar-refractivity contribution in [2.75, 3.05) is 13.1 Å². The van der Waals surface area contributed by atoms with Gasteiger partial charge in [-0.25, -0.2) is 4.79 Å². The maximum Gasteiger partial charge on any atom is 0.326 e. The van der Waals surface area contributed by atoms with E-state index in [0.29, 0.717) is 12.0 Å². The van der Waals surface area contributed by atoms with Crippen LogP contribution in [0.3, 0.4) is 0 Å². The standard InChI is InChI=1S/C23H33N9O6/c24-14(9-18(25)33)20(35)32-16(6-3-7-28-23(26)27)21(36)30-11-19(34)31-17(22(37)38)8-12-10-29-15-5-2-1-4-13(12)15/h1-2,4-5,10,14,16-17,29H,3,6-9,11,24H2,(H2,25,33)(H,30,36)(H,31,34)(H,32,35)(H,37,38)(H4,26,27,28). The number of fused-ring (bicyclic) bond motifs is 1. The number of carboxylic acids is 1. The van der Waals surface area contributed by atoms with E-state index in [4.69, 9.17) is 22.9 Å². The number of aromatic amines is 1. The zero-order chi connectivity index (χ0) is 28.2. The number of aromatic nitrogens is 1. The van der Waals surface area contributed by atoms with Crippen LogP contribution in [0.1, 0.15) is 24.8 Å². The Kier molecular flexibility index (Phi) is 11.0. The molecule has 15 heteroatoms. The van der Waals surface area contributed by atoms with E-state index < -0.39 is 60.7 Å². The van der Waals surface area contributed by atoms with Gasteiger partial charge in [-0.05, 0) is 24.5 Å². The number of benzene rings is 1. The Morgan fingerprint density at radius 1 is 1.00 bits per heavy atom. The summed E-state index contributed by atoms with van der Waals surface area (Å²) in [6.45, 7) is -0.381. The Morgan fingerprint density at radius 2 is 1.71 bits per heavy atom. The highest BCUT2D eigenvalue weighted by Crippen LogP contribution is 2.19. The van der Waals surface area contributed by atoms with Gasteiger partial charge in [0, 0.05) is 30.1 Å². The van der Waals surface area contributed by atoms with E-state index in [-0.39, 0.29) is 25.3 Å². The molecule has 2 rings (SSSR count). The van der Waals surface area contributed by atoms with Crippen molar-refractivity contribution in [3.05, 3.63) is 36.0 Å². The number of guanidine groups is 1. The maximum absolute atomic E-state index is 12.7. The Bertz CT molecular complexity index is 1190. The number of amides is 4. The fourth-order valence-corrected chi connectivity index (χ4v) is 3.62. The first-order valence-electron chi connectivity index (χ1n) is 11.7. The molecule has 2 aromatic rings. The number of carbonyl (C=O) groups excluding carboxylic acids is 4. The van der Waals surface area contributed by atoms with Crippen LogP contribution in [-0.4, -0.2) is 76.9 Å². The van der Waals surface area contributed by atoms with E-state index in [1.54, 1.807) is 6.20 Å². The topological polar surface area (TPSA) is 274 Å². The number of aliphatic carboxylic acids is 1. The Balaban J connectivity index is 1.98. The largest absolute Gasteiger partial charge is 0.480 e. The van der Waals surface area contributed by atoms with Gasteiger partial charge in [0.1, 0.15) is 12.1 Å². The molecule has 38 heavy (non-hydrogen) atoms. The molecule has 15 nitrogen and oxygen atoms in total. The maximum atomic E-state index is 12.7. The lowest BCUT2D eigenvalue weighted by molar-refractivity contribution is -0.141. The molecular formula is C23H33N9O6. The summed E-state index contributed by atoms with van der Waals surface area (Å²) in [4.78, 5) is 67.2. The Hall–Kier alpha value is -4.66. The van der Waals surface area contributed by atoms with Crippen LogP contribution in [0.2, 0.25) is 0 Å². The Morgan fingerprint density at radius 3 is 2.37 bits per heavy atom. The first-order valence-corrected chi connectivity index (χ1v) is 11.7. The van der Waals surface area contributed by atoms with E-state index in [0.717, 1.165) is 10.9 Å². The number of carbonyl (C=O) groups is 5. The fraction of sp³-hybridized carbons (Fsp3) is 0.391. The molecule has 0 radical (unpaired) electrons. The number of H-pyrrole nitrogens is 1. The molecule has 0 saturated carbocycles. The summed E-state index contributed by atoms with van der Waals surface area (Å²) in [5.74, 6) is -4.45. The van der Waals surface area contributed by atoms with Crippen molar-refractivity contribution < 1.29 is 29.1 Å². The van der Waals surface area contributed by atoms with Crippen LogP contribution in [0.15, 0.2) is 35.5 Å². The number of para-hydroxylation sites is 1.